The average molecular weight is 376 g/mol. The summed E-state index contributed by atoms with van der Waals surface area (Å²) >= 11 is 6.03. The molecule has 1 unspecified atom stereocenters. The Hall–Kier alpha value is -1.83. The molecular formula is C17H26ClNO6. The summed E-state index contributed by atoms with van der Waals surface area (Å²) in [7, 11) is 0. The Balaban J connectivity index is 0.000000823. The number of carboxylic acid groups (broad SMARTS) is 2. The molecule has 3 N–H and O–H groups in total. The lowest BCUT2D eigenvalue weighted by atomic mass is 10.2. The van der Waals surface area contributed by atoms with E-state index in [1.165, 1.54) is 0 Å². The van der Waals surface area contributed by atoms with Crippen molar-refractivity contribution in [1.29, 1.82) is 0 Å². The van der Waals surface area contributed by atoms with Crippen LogP contribution in [0.1, 0.15) is 25.8 Å². The number of hydrogen-bond acceptors (Lipinski definition) is 5. The van der Waals surface area contributed by atoms with Crippen molar-refractivity contribution in [2.24, 2.45) is 0 Å². The zero-order chi connectivity index (χ0) is 19.2. The van der Waals surface area contributed by atoms with Gasteiger partial charge in [0.25, 0.3) is 0 Å². The summed E-state index contributed by atoms with van der Waals surface area (Å²) in [4.78, 5) is 18.2. The number of ether oxygens (including phenoxy) is 2. The quantitative estimate of drug-likeness (QED) is 0.450. The highest BCUT2D eigenvalue weighted by atomic mass is 35.5. The second-order valence-electron chi connectivity index (χ2n) is 5.27. The topological polar surface area (TPSA) is 105 Å². The van der Waals surface area contributed by atoms with E-state index < -0.39 is 11.9 Å². The predicted octanol–water partition coefficient (Wildman–Crippen LogP) is 2.59. The van der Waals surface area contributed by atoms with E-state index in [0.29, 0.717) is 30.9 Å². The first kappa shape index (κ1) is 23.2. The molecule has 142 valence electrons. The van der Waals surface area contributed by atoms with Crippen LogP contribution in [0, 0.1) is 6.92 Å². The second kappa shape index (κ2) is 13.5. The molecule has 1 rings (SSSR count). The molecule has 0 saturated carbocycles. The first-order valence-electron chi connectivity index (χ1n) is 7.94. The highest BCUT2D eigenvalue weighted by Gasteiger charge is 2.04. The van der Waals surface area contributed by atoms with Crippen LogP contribution in [0.4, 0.5) is 0 Å². The molecule has 0 heterocycles. The van der Waals surface area contributed by atoms with Gasteiger partial charge in [-0.1, -0.05) is 24.6 Å². The highest BCUT2D eigenvalue weighted by Crippen LogP contribution is 2.24. The Morgan fingerprint density at radius 3 is 2.40 bits per heavy atom. The summed E-state index contributed by atoms with van der Waals surface area (Å²) in [6, 6.07) is 6.30. The molecule has 8 heteroatoms. The fourth-order valence-electron chi connectivity index (χ4n) is 1.56. The number of aryl methyl sites for hydroxylation is 1. The molecule has 0 fully saturated rings. The largest absolute Gasteiger partial charge is 0.490 e. The Kier molecular flexibility index (Phi) is 12.5. The molecule has 1 aromatic carbocycles. The predicted molar refractivity (Wildman–Crippen MR) is 95.5 cm³/mol. The van der Waals surface area contributed by atoms with Crippen LogP contribution in [0.2, 0.25) is 5.02 Å². The third-order valence-corrected chi connectivity index (χ3v) is 3.42. The molecule has 25 heavy (non-hydrogen) atoms. The van der Waals surface area contributed by atoms with Crippen molar-refractivity contribution in [2.45, 2.75) is 33.2 Å². The summed E-state index contributed by atoms with van der Waals surface area (Å²) in [5, 5.41) is 18.8. The summed E-state index contributed by atoms with van der Waals surface area (Å²) in [6.07, 6.45) is 1.13. The van der Waals surface area contributed by atoms with Gasteiger partial charge in [-0.3, -0.25) is 0 Å². The van der Waals surface area contributed by atoms with Crippen LogP contribution in [0.3, 0.4) is 0 Å². The maximum Gasteiger partial charge on any atom is 0.414 e. The number of nitrogens with one attached hydrogen (secondary N) is 1. The molecule has 0 bridgehead atoms. The summed E-state index contributed by atoms with van der Waals surface area (Å²) in [5.41, 5.74) is 1.14. The molecule has 0 aliphatic carbocycles. The van der Waals surface area contributed by atoms with Gasteiger partial charge in [0.05, 0.1) is 18.2 Å². The first-order chi connectivity index (χ1) is 11.8. The monoisotopic (exact) mass is 375 g/mol. The minimum atomic E-state index is -1.82. The molecular weight excluding hydrogens is 350 g/mol. The smallest absolute Gasteiger partial charge is 0.414 e. The van der Waals surface area contributed by atoms with E-state index >= 15 is 0 Å². The summed E-state index contributed by atoms with van der Waals surface area (Å²) in [6.45, 7) is 9.02. The molecule has 1 aromatic rings. The van der Waals surface area contributed by atoms with Gasteiger partial charge in [0.2, 0.25) is 0 Å². The zero-order valence-corrected chi connectivity index (χ0v) is 15.5. The third kappa shape index (κ3) is 12.2. The van der Waals surface area contributed by atoms with Gasteiger partial charge in [0, 0.05) is 12.6 Å². The summed E-state index contributed by atoms with van der Waals surface area (Å²) < 4.78 is 11.1. The average Bonchev–Trinajstić information content (AvgIpc) is 2.57. The number of carboxylic acids is 2. The normalized spacial score (nSPS) is 11.2. The number of hydrogen-bond donors (Lipinski definition) is 3. The lowest BCUT2D eigenvalue weighted by Gasteiger charge is -2.12. The van der Waals surface area contributed by atoms with Gasteiger partial charge in [0.1, 0.15) is 12.4 Å². The number of benzene rings is 1. The lowest BCUT2D eigenvalue weighted by molar-refractivity contribution is -0.159. The van der Waals surface area contributed by atoms with Gasteiger partial charge in [0.15, 0.2) is 0 Å². The molecule has 0 spiro atoms. The SMILES string of the molecule is CCC(C)NCCOCCOc1cc(C)ccc1Cl.O=C(O)C(=O)O. The van der Waals surface area contributed by atoms with Gasteiger partial charge < -0.3 is 25.0 Å². The van der Waals surface area contributed by atoms with Crippen molar-refractivity contribution in [1.82, 2.24) is 5.32 Å². The van der Waals surface area contributed by atoms with Crippen LogP contribution in [-0.2, 0) is 14.3 Å². The van der Waals surface area contributed by atoms with Crippen molar-refractivity contribution in [3.63, 3.8) is 0 Å². The third-order valence-electron chi connectivity index (χ3n) is 3.11. The van der Waals surface area contributed by atoms with Gasteiger partial charge in [-0.15, -0.1) is 0 Å². The molecule has 0 aliphatic heterocycles. The van der Waals surface area contributed by atoms with E-state index in [9.17, 15) is 0 Å². The van der Waals surface area contributed by atoms with Crippen LogP contribution in [0.5, 0.6) is 5.75 Å². The van der Waals surface area contributed by atoms with Crippen molar-refractivity contribution in [3.8, 4) is 5.75 Å². The standard InChI is InChI=1S/C15H24ClNO2.C2H2O4/c1-4-13(3)17-7-8-18-9-10-19-15-11-12(2)5-6-14(15)16;3-1(4)2(5)6/h5-6,11,13,17H,4,7-10H2,1-3H3;(H,3,4)(H,5,6). The Labute approximate surface area is 152 Å². The number of aliphatic carboxylic acids is 2. The maximum absolute atomic E-state index is 9.10. The summed E-state index contributed by atoms with van der Waals surface area (Å²) in [5.74, 6) is -2.92. The number of carbonyl (C=O) groups is 2. The molecule has 7 nitrogen and oxygen atoms in total. The van der Waals surface area contributed by atoms with Crippen LogP contribution in [-0.4, -0.2) is 54.6 Å². The Morgan fingerprint density at radius 2 is 1.84 bits per heavy atom. The Morgan fingerprint density at radius 1 is 1.20 bits per heavy atom. The zero-order valence-electron chi connectivity index (χ0n) is 14.8. The van der Waals surface area contributed by atoms with Crippen molar-refractivity contribution in [3.05, 3.63) is 28.8 Å². The van der Waals surface area contributed by atoms with Crippen LogP contribution < -0.4 is 10.1 Å². The second-order valence-corrected chi connectivity index (χ2v) is 5.68. The van der Waals surface area contributed by atoms with Gasteiger partial charge >= 0.3 is 11.9 Å². The fourth-order valence-corrected chi connectivity index (χ4v) is 1.73. The molecule has 1 atom stereocenters. The van der Waals surface area contributed by atoms with Crippen molar-refractivity contribution >= 4 is 23.5 Å². The van der Waals surface area contributed by atoms with E-state index in [2.05, 4.69) is 19.2 Å². The minimum Gasteiger partial charge on any atom is -0.490 e. The molecule has 0 amide bonds. The molecule has 0 saturated heterocycles. The minimum absolute atomic E-state index is 0.520. The number of rotatable bonds is 9. The maximum atomic E-state index is 9.10. The van der Waals surface area contributed by atoms with Crippen LogP contribution >= 0.6 is 11.6 Å². The van der Waals surface area contributed by atoms with Gasteiger partial charge in [-0.2, -0.15) is 0 Å². The van der Waals surface area contributed by atoms with E-state index in [-0.39, 0.29) is 0 Å². The van der Waals surface area contributed by atoms with Crippen molar-refractivity contribution < 1.29 is 29.3 Å². The van der Waals surface area contributed by atoms with Gasteiger partial charge in [-0.05, 0) is 38.0 Å². The van der Waals surface area contributed by atoms with Crippen LogP contribution in [0.15, 0.2) is 18.2 Å². The molecule has 0 aromatic heterocycles. The van der Waals surface area contributed by atoms with E-state index in [4.69, 9.17) is 40.9 Å². The fraction of sp³-hybridized carbons (Fsp3) is 0.529. The van der Waals surface area contributed by atoms with Crippen LogP contribution in [0.25, 0.3) is 0 Å². The first-order valence-corrected chi connectivity index (χ1v) is 8.32. The van der Waals surface area contributed by atoms with E-state index in [0.717, 1.165) is 24.3 Å². The lowest BCUT2D eigenvalue weighted by Crippen LogP contribution is -2.29. The number of halogens is 1. The van der Waals surface area contributed by atoms with E-state index in [1.807, 2.05) is 25.1 Å². The highest BCUT2D eigenvalue weighted by molar-refractivity contribution is 6.32. The molecule has 0 aliphatic rings. The van der Waals surface area contributed by atoms with Gasteiger partial charge in [-0.25, -0.2) is 9.59 Å². The molecule has 0 radical (unpaired) electrons. The van der Waals surface area contributed by atoms with E-state index in [1.54, 1.807) is 0 Å². The Bertz CT molecular complexity index is 526. The van der Waals surface area contributed by atoms with Crippen molar-refractivity contribution in [2.75, 3.05) is 26.4 Å².